The first-order chi connectivity index (χ1) is 12.0. The predicted octanol–water partition coefficient (Wildman–Crippen LogP) is 2.73. The van der Waals surface area contributed by atoms with Crippen molar-refractivity contribution in [3.63, 3.8) is 0 Å². The van der Waals surface area contributed by atoms with E-state index < -0.39 is 11.8 Å². The number of amides is 2. The molecule has 0 saturated carbocycles. The third kappa shape index (κ3) is 4.04. The summed E-state index contributed by atoms with van der Waals surface area (Å²) >= 11 is 1.24. The summed E-state index contributed by atoms with van der Waals surface area (Å²) < 4.78 is 13.0. The van der Waals surface area contributed by atoms with E-state index in [2.05, 4.69) is 20.8 Å². The van der Waals surface area contributed by atoms with Crippen molar-refractivity contribution >= 4 is 23.2 Å². The summed E-state index contributed by atoms with van der Waals surface area (Å²) in [5, 5.41) is 0. The van der Waals surface area contributed by atoms with Crippen molar-refractivity contribution in [2.75, 3.05) is 0 Å². The summed E-state index contributed by atoms with van der Waals surface area (Å²) in [5.41, 5.74) is 5.62. The minimum absolute atomic E-state index is 0.158. The molecule has 3 aromatic rings. The summed E-state index contributed by atoms with van der Waals surface area (Å²) in [7, 11) is 0. The van der Waals surface area contributed by atoms with Crippen LogP contribution >= 0.6 is 11.3 Å². The highest BCUT2D eigenvalue weighted by Crippen LogP contribution is 2.28. The second-order valence-corrected chi connectivity index (χ2v) is 6.15. The second kappa shape index (κ2) is 7.18. The van der Waals surface area contributed by atoms with Gasteiger partial charge in [0.1, 0.15) is 17.3 Å². The van der Waals surface area contributed by atoms with Gasteiger partial charge >= 0.3 is 0 Å². The normalized spacial score (nSPS) is 10.3. The van der Waals surface area contributed by atoms with E-state index in [0.29, 0.717) is 10.7 Å². The molecule has 2 N–H and O–H groups in total. The second-order valence-electron chi connectivity index (χ2n) is 5.07. The summed E-state index contributed by atoms with van der Waals surface area (Å²) in [5.74, 6) is -0.839. The lowest BCUT2D eigenvalue weighted by molar-refractivity contribution is 0.0846. The van der Waals surface area contributed by atoms with Gasteiger partial charge in [-0.3, -0.25) is 20.4 Å². The molecule has 0 atom stereocenters. The first-order valence-corrected chi connectivity index (χ1v) is 8.11. The maximum atomic E-state index is 13.0. The summed E-state index contributed by atoms with van der Waals surface area (Å²) in [6.07, 6.45) is 1.47. The third-order valence-electron chi connectivity index (χ3n) is 3.26. The Kier molecular flexibility index (Phi) is 4.80. The van der Waals surface area contributed by atoms with Crippen LogP contribution in [0.3, 0.4) is 0 Å². The lowest BCUT2D eigenvalue weighted by Crippen LogP contribution is -2.41. The molecule has 2 aromatic heterocycles. The molecule has 0 aliphatic rings. The van der Waals surface area contributed by atoms with E-state index in [1.807, 2.05) is 0 Å². The van der Waals surface area contributed by atoms with Crippen LogP contribution < -0.4 is 10.9 Å². The van der Waals surface area contributed by atoms with Crippen LogP contribution in [-0.4, -0.2) is 21.8 Å². The number of carbonyl (C=O) groups excluding carboxylic acids is 2. The number of hydrogen-bond acceptors (Lipinski definition) is 5. The van der Waals surface area contributed by atoms with E-state index in [-0.39, 0.29) is 11.5 Å². The van der Waals surface area contributed by atoms with Gasteiger partial charge in [-0.25, -0.2) is 14.4 Å². The molecule has 2 heterocycles. The fourth-order valence-electron chi connectivity index (χ4n) is 2.05. The van der Waals surface area contributed by atoms with Crippen molar-refractivity contribution in [2.24, 2.45) is 0 Å². The number of thiophene rings is 1. The van der Waals surface area contributed by atoms with Gasteiger partial charge in [0, 0.05) is 11.1 Å². The molecule has 0 unspecified atom stereocenters. The van der Waals surface area contributed by atoms with Gasteiger partial charge in [-0.05, 0) is 42.8 Å². The van der Waals surface area contributed by atoms with Crippen molar-refractivity contribution in [3.8, 4) is 10.4 Å². The van der Waals surface area contributed by atoms with E-state index in [4.69, 9.17) is 0 Å². The number of benzene rings is 1. The van der Waals surface area contributed by atoms with Crippen molar-refractivity contribution in [3.05, 3.63) is 70.9 Å². The fourth-order valence-corrected chi connectivity index (χ4v) is 2.96. The molecule has 3 rings (SSSR count). The topological polar surface area (TPSA) is 84.0 Å². The van der Waals surface area contributed by atoms with Crippen LogP contribution in [0.5, 0.6) is 0 Å². The van der Waals surface area contributed by atoms with Gasteiger partial charge in [0.2, 0.25) is 0 Å². The third-order valence-corrected chi connectivity index (χ3v) is 4.39. The monoisotopic (exact) mass is 356 g/mol. The van der Waals surface area contributed by atoms with Crippen molar-refractivity contribution in [2.45, 2.75) is 6.92 Å². The van der Waals surface area contributed by atoms with Crippen LogP contribution in [0.25, 0.3) is 10.4 Å². The Morgan fingerprint density at radius 2 is 1.72 bits per heavy atom. The molecule has 6 nitrogen and oxygen atoms in total. The number of rotatable bonds is 3. The van der Waals surface area contributed by atoms with Gasteiger partial charge in [-0.1, -0.05) is 12.1 Å². The number of hydrogen-bond donors (Lipinski definition) is 2. The van der Waals surface area contributed by atoms with E-state index in [1.165, 1.54) is 35.7 Å². The van der Waals surface area contributed by atoms with Crippen molar-refractivity contribution in [1.82, 2.24) is 20.8 Å². The Labute approximate surface area is 146 Å². The van der Waals surface area contributed by atoms with Gasteiger partial charge in [0.25, 0.3) is 11.8 Å². The molecule has 126 valence electrons. The number of nitrogens with one attached hydrogen (secondary N) is 2. The van der Waals surface area contributed by atoms with Crippen molar-refractivity contribution < 1.29 is 14.0 Å². The summed E-state index contributed by atoms with van der Waals surface area (Å²) in [6, 6.07) is 10.9. The minimum atomic E-state index is -0.533. The molecule has 0 fully saturated rings. The van der Waals surface area contributed by atoms with E-state index in [1.54, 1.807) is 31.2 Å². The molecule has 2 amide bonds. The first-order valence-electron chi connectivity index (χ1n) is 7.29. The zero-order valence-corrected chi connectivity index (χ0v) is 13.9. The minimum Gasteiger partial charge on any atom is -0.266 e. The summed E-state index contributed by atoms with van der Waals surface area (Å²) in [6.45, 7) is 1.66. The number of nitrogens with zero attached hydrogens (tertiary/aromatic N) is 2. The van der Waals surface area contributed by atoms with Crippen molar-refractivity contribution in [1.29, 1.82) is 0 Å². The molecular formula is C17H13FN4O2S. The quantitative estimate of drug-likeness (QED) is 0.707. The molecule has 0 bridgehead atoms. The van der Waals surface area contributed by atoms with Gasteiger partial charge in [0.15, 0.2) is 0 Å². The summed E-state index contributed by atoms with van der Waals surface area (Å²) in [4.78, 5) is 33.2. The fraction of sp³-hybridized carbons (Fsp3) is 0.0588. The number of hydrazine groups is 1. The van der Waals surface area contributed by atoms with Crippen LogP contribution in [0.4, 0.5) is 4.39 Å². The van der Waals surface area contributed by atoms with Gasteiger partial charge in [-0.15, -0.1) is 11.3 Å². The first kappa shape index (κ1) is 16.7. The molecule has 25 heavy (non-hydrogen) atoms. The SMILES string of the molecule is Cc1nccc(C(=O)NNC(=O)c2ccc(-c3ccc(F)cc3)s2)n1. The van der Waals surface area contributed by atoms with Crippen LogP contribution in [0.15, 0.2) is 48.7 Å². The smallest absolute Gasteiger partial charge is 0.266 e. The van der Waals surface area contributed by atoms with Crippen LogP contribution in [0.2, 0.25) is 0 Å². The molecule has 0 spiro atoms. The van der Waals surface area contributed by atoms with Gasteiger partial charge < -0.3 is 0 Å². The van der Waals surface area contributed by atoms with E-state index >= 15 is 0 Å². The molecule has 1 aromatic carbocycles. The lowest BCUT2D eigenvalue weighted by Gasteiger charge is -2.05. The lowest BCUT2D eigenvalue weighted by atomic mass is 10.2. The molecule has 0 aliphatic heterocycles. The standard InChI is InChI=1S/C17H13FN4O2S/c1-10-19-9-8-13(20-10)16(23)21-22-17(24)15-7-6-14(25-15)11-2-4-12(18)5-3-11/h2-9H,1H3,(H,21,23)(H,22,24). The number of aromatic nitrogens is 2. The Morgan fingerprint density at radius 1 is 1.00 bits per heavy atom. The molecular weight excluding hydrogens is 343 g/mol. The van der Waals surface area contributed by atoms with Gasteiger partial charge in [-0.2, -0.15) is 0 Å². The van der Waals surface area contributed by atoms with Crippen LogP contribution in [-0.2, 0) is 0 Å². The maximum Gasteiger partial charge on any atom is 0.288 e. The zero-order valence-electron chi connectivity index (χ0n) is 13.1. The highest BCUT2D eigenvalue weighted by atomic mass is 32.1. The number of halogens is 1. The molecule has 0 radical (unpaired) electrons. The predicted molar refractivity (Wildman–Crippen MR) is 91.4 cm³/mol. The Balaban J connectivity index is 1.64. The Morgan fingerprint density at radius 3 is 2.44 bits per heavy atom. The number of carbonyl (C=O) groups is 2. The molecule has 0 aliphatic carbocycles. The highest BCUT2D eigenvalue weighted by molar-refractivity contribution is 7.17. The highest BCUT2D eigenvalue weighted by Gasteiger charge is 2.13. The average molecular weight is 356 g/mol. The Hall–Kier alpha value is -3.13. The maximum absolute atomic E-state index is 13.0. The largest absolute Gasteiger partial charge is 0.288 e. The Bertz CT molecular complexity index is 924. The zero-order chi connectivity index (χ0) is 17.8. The molecule has 0 saturated heterocycles. The molecule has 8 heteroatoms. The average Bonchev–Trinajstić information content (AvgIpc) is 3.10. The number of aryl methyl sites for hydroxylation is 1. The van der Waals surface area contributed by atoms with Crippen LogP contribution in [0, 0.1) is 12.7 Å². The van der Waals surface area contributed by atoms with Crippen LogP contribution in [0.1, 0.15) is 26.0 Å². The van der Waals surface area contributed by atoms with Gasteiger partial charge in [0.05, 0.1) is 4.88 Å². The van der Waals surface area contributed by atoms with E-state index in [0.717, 1.165) is 10.4 Å². The van der Waals surface area contributed by atoms with E-state index in [9.17, 15) is 14.0 Å².